The van der Waals surface area contributed by atoms with E-state index >= 15 is 0 Å². The standard InChI is InChI=1S/C100H68N2/c1-6-23-69(24-7-1)73-45-53-82(54-46-73)101(86-61-63-90(77-29-12-4-13-30-77)98(67-86)97-65-80-33-16-18-35-89(80)93-37-20-21-38-94(93)97)83-59-51-76(52-60-83)72-41-43-79(44-42-72)88-39-22-40-95-96(88)66-81-34-17-19-36-92(81)100(95)99-68-87(62-64-91(99)78-31-14-5-15-32-78)102(84-55-47-74(48-56-84)70-25-8-2-9-26-70)85-57-49-75(50-58-85)71-27-10-3-11-28-71/h1-68H. The topological polar surface area (TPSA) is 6.48 Å². The van der Waals surface area contributed by atoms with Gasteiger partial charge in [-0.15, -0.1) is 0 Å². The molecular formula is C100H68N2. The molecular weight excluding hydrogens is 1230 g/mol. The van der Waals surface area contributed by atoms with Crippen LogP contribution in [0.15, 0.2) is 413 Å². The summed E-state index contributed by atoms with van der Waals surface area (Å²) in [5, 5.41) is 9.72. The van der Waals surface area contributed by atoms with Crippen LogP contribution >= 0.6 is 0 Å². The van der Waals surface area contributed by atoms with Gasteiger partial charge in [-0.3, -0.25) is 0 Å². The zero-order chi connectivity index (χ0) is 67.7. The molecule has 18 aromatic carbocycles. The molecule has 0 aliphatic heterocycles. The van der Waals surface area contributed by atoms with E-state index < -0.39 is 0 Å². The number of benzene rings is 18. The van der Waals surface area contributed by atoms with Gasteiger partial charge < -0.3 is 9.80 Å². The molecule has 0 fully saturated rings. The van der Waals surface area contributed by atoms with Crippen molar-refractivity contribution in [2.75, 3.05) is 9.80 Å². The molecule has 102 heavy (non-hydrogen) atoms. The van der Waals surface area contributed by atoms with Crippen molar-refractivity contribution in [1.82, 2.24) is 0 Å². The first-order valence-corrected chi connectivity index (χ1v) is 35.1. The van der Waals surface area contributed by atoms with E-state index in [-0.39, 0.29) is 0 Å². The van der Waals surface area contributed by atoms with Crippen molar-refractivity contribution in [3.05, 3.63) is 413 Å². The summed E-state index contributed by atoms with van der Waals surface area (Å²) in [6, 6.07) is 151. The Labute approximate surface area is 595 Å². The third-order valence-electron chi connectivity index (χ3n) is 20.3. The second-order valence-corrected chi connectivity index (χ2v) is 26.3. The third-order valence-corrected chi connectivity index (χ3v) is 20.3. The monoisotopic (exact) mass is 1300 g/mol. The van der Waals surface area contributed by atoms with E-state index in [1.807, 2.05) is 0 Å². The summed E-state index contributed by atoms with van der Waals surface area (Å²) in [5.74, 6) is 0. The first-order chi connectivity index (χ1) is 50.6. The molecule has 0 bridgehead atoms. The van der Waals surface area contributed by atoms with E-state index in [4.69, 9.17) is 0 Å². The second-order valence-electron chi connectivity index (χ2n) is 26.3. The van der Waals surface area contributed by atoms with Gasteiger partial charge in [-0.2, -0.15) is 0 Å². The molecule has 0 aliphatic rings. The minimum absolute atomic E-state index is 1.06. The lowest BCUT2D eigenvalue weighted by Gasteiger charge is -2.28. The lowest BCUT2D eigenvalue weighted by Crippen LogP contribution is -2.10. The molecule has 0 spiro atoms. The van der Waals surface area contributed by atoms with Gasteiger partial charge in [0.05, 0.1) is 0 Å². The van der Waals surface area contributed by atoms with Gasteiger partial charge >= 0.3 is 0 Å². The van der Waals surface area contributed by atoms with E-state index in [9.17, 15) is 0 Å². The van der Waals surface area contributed by atoms with Crippen LogP contribution in [0.25, 0.3) is 143 Å². The Bertz CT molecular complexity index is 5950. The first kappa shape index (κ1) is 61.0. The zero-order valence-electron chi connectivity index (χ0n) is 56.2. The van der Waals surface area contributed by atoms with Crippen LogP contribution in [-0.2, 0) is 0 Å². The molecule has 2 nitrogen and oxygen atoms in total. The molecule has 0 atom stereocenters. The number of fused-ring (bicyclic) bond motifs is 5. The molecule has 0 saturated carbocycles. The van der Waals surface area contributed by atoms with Crippen molar-refractivity contribution < 1.29 is 0 Å². The fourth-order valence-corrected chi connectivity index (χ4v) is 15.3. The summed E-state index contributed by atoms with van der Waals surface area (Å²) in [5.41, 5.74) is 27.5. The van der Waals surface area contributed by atoms with Crippen LogP contribution in [-0.4, -0.2) is 0 Å². The van der Waals surface area contributed by atoms with E-state index in [0.29, 0.717) is 0 Å². The normalized spacial score (nSPS) is 11.3. The van der Waals surface area contributed by atoms with Crippen molar-refractivity contribution in [2.24, 2.45) is 0 Å². The Hall–Kier alpha value is -13.4. The SMILES string of the molecule is c1ccc(-c2ccc(N(c3ccc(-c4ccccc4)cc3)c3ccc(-c4ccccc4)c(-c4c5ccccc5cc5c(-c6ccc(-c7ccc(N(c8ccc(-c9ccccc9)cc8)c8ccc(-c9ccccc9)c(-c9cc%10ccccc%10c%10ccccc9%10)c8)cc7)cc6)cccc45)c3)cc2)cc1. The number of rotatable bonds is 15. The molecule has 0 aromatic heterocycles. The largest absolute Gasteiger partial charge is 0.310 e. The number of anilines is 6. The predicted molar refractivity (Wildman–Crippen MR) is 435 cm³/mol. The molecule has 0 N–H and O–H groups in total. The molecule has 18 rings (SSSR count). The van der Waals surface area contributed by atoms with Crippen LogP contribution < -0.4 is 9.80 Å². The van der Waals surface area contributed by atoms with Crippen LogP contribution in [0, 0.1) is 0 Å². The smallest absolute Gasteiger partial charge is 0.0468 e. The van der Waals surface area contributed by atoms with Gasteiger partial charge in [-0.25, -0.2) is 0 Å². The van der Waals surface area contributed by atoms with Crippen molar-refractivity contribution >= 4 is 77.2 Å². The average molecular weight is 1300 g/mol. The molecule has 0 heterocycles. The van der Waals surface area contributed by atoms with Crippen molar-refractivity contribution in [2.45, 2.75) is 0 Å². The quantitative estimate of drug-likeness (QED) is 0.0746. The molecule has 0 saturated heterocycles. The highest BCUT2D eigenvalue weighted by Crippen LogP contribution is 2.49. The van der Waals surface area contributed by atoms with E-state index in [0.717, 1.165) is 61.9 Å². The maximum atomic E-state index is 2.43. The number of nitrogens with zero attached hydrogens (tertiary/aromatic N) is 2. The van der Waals surface area contributed by atoms with Crippen molar-refractivity contribution in [1.29, 1.82) is 0 Å². The van der Waals surface area contributed by atoms with Crippen LogP contribution in [0.3, 0.4) is 0 Å². The molecule has 2 heteroatoms. The summed E-state index contributed by atoms with van der Waals surface area (Å²) < 4.78 is 0. The van der Waals surface area contributed by atoms with Crippen LogP contribution in [0.5, 0.6) is 0 Å². The fraction of sp³-hybridized carbons (Fsp3) is 0. The van der Waals surface area contributed by atoms with Gasteiger partial charge in [0.25, 0.3) is 0 Å². The van der Waals surface area contributed by atoms with Gasteiger partial charge in [0, 0.05) is 34.1 Å². The van der Waals surface area contributed by atoms with Gasteiger partial charge in [0.2, 0.25) is 0 Å². The van der Waals surface area contributed by atoms with Gasteiger partial charge in [0.15, 0.2) is 0 Å². The Morgan fingerprint density at radius 3 is 0.882 bits per heavy atom. The Morgan fingerprint density at radius 2 is 0.431 bits per heavy atom. The van der Waals surface area contributed by atoms with Crippen molar-refractivity contribution in [3.63, 3.8) is 0 Å². The van der Waals surface area contributed by atoms with E-state index in [1.165, 1.54) is 115 Å². The maximum Gasteiger partial charge on any atom is 0.0468 e. The van der Waals surface area contributed by atoms with E-state index in [1.54, 1.807) is 0 Å². The maximum absolute atomic E-state index is 2.43. The molecule has 0 amide bonds. The third kappa shape index (κ3) is 11.6. The average Bonchev–Trinajstić information content (AvgIpc) is 0.742. The summed E-state index contributed by atoms with van der Waals surface area (Å²) in [4.78, 5) is 4.82. The molecule has 0 radical (unpaired) electrons. The Kier molecular flexibility index (Phi) is 16.0. The summed E-state index contributed by atoms with van der Waals surface area (Å²) in [6.07, 6.45) is 0. The molecule has 18 aromatic rings. The summed E-state index contributed by atoms with van der Waals surface area (Å²) >= 11 is 0. The summed E-state index contributed by atoms with van der Waals surface area (Å²) in [7, 11) is 0. The van der Waals surface area contributed by atoms with E-state index in [2.05, 4.69) is 422 Å². The minimum Gasteiger partial charge on any atom is -0.310 e. The zero-order valence-corrected chi connectivity index (χ0v) is 56.2. The van der Waals surface area contributed by atoms with Crippen LogP contribution in [0.4, 0.5) is 34.1 Å². The van der Waals surface area contributed by atoms with Gasteiger partial charge in [-0.05, 0) is 228 Å². The van der Waals surface area contributed by atoms with Crippen molar-refractivity contribution in [3.8, 4) is 100 Å². The molecule has 478 valence electrons. The highest BCUT2D eigenvalue weighted by atomic mass is 15.1. The highest BCUT2D eigenvalue weighted by Gasteiger charge is 2.23. The minimum atomic E-state index is 1.06. The fourth-order valence-electron chi connectivity index (χ4n) is 15.3. The second kappa shape index (κ2) is 26.8. The van der Waals surface area contributed by atoms with Gasteiger partial charge in [0.1, 0.15) is 0 Å². The number of hydrogen-bond donors (Lipinski definition) is 0. The first-order valence-electron chi connectivity index (χ1n) is 35.1. The highest BCUT2D eigenvalue weighted by molar-refractivity contribution is 6.19. The van der Waals surface area contributed by atoms with Gasteiger partial charge in [-0.1, -0.05) is 328 Å². The Morgan fingerprint density at radius 1 is 0.127 bits per heavy atom. The van der Waals surface area contributed by atoms with Crippen LogP contribution in [0.1, 0.15) is 0 Å². The number of hydrogen-bond acceptors (Lipinski definition) is 2. The summed E-state index contributed by atoms with van der Waals surface area (Å²) in [6.45, 7) is 0. The Balaban J connectivity index is 0.733. The molecule has 0 aliphatic carbocycles. The predicted octanol–water partition coefficient (Wildman–Crippen LogP) is 28.2. The molecule has 0 unspecified atom stereocenters. The lowest BCUT2D eigenvalue weighted by atomic mass is 9.85. The lowest BCUT2D eigenvalue weighted by molar-refractivity contribution is 1.28. The van der Waals surface area contributed by atoms with Crippen LogP contribution in [0.2, 0.25) is 0 Å².